The van der Waals surface area contributed by atoms with Crippen molar-refractivity contribution in [1.29, 1.82) is 0 Å². The van der Waals surface area contributed by atoms with Crippen molar-refractivity contribution < 1.29 is 27.8 Å². The predicted octanol–water partition coefficient (Wildman–Crippen LogP) is 3.39. The number of aliphatic hydroxyl groups is 1. The number of rotatable bonds is 6. The van der Waals surface area contributed by atoms with E-state index in [2.05, 4.69) is 9.97 Å². The largest absolute Gasteiger partial charge is 0.496 e. The van der Waals surface area contributed by atoms with E-state index in [0.717, 1.165) is 6.07 Å². The Bertz CT molecular complexity index is 907. The van der Waals surface area contributed by atoms with E-state index in [0.29, 0.717) is 35.4 Å². The van der Waals surface area contributed by atoms with Gasteiger partial charge in [-0.2, -0.15) is 13.2 Å². The van der Waals surface area contributed by atoms with Crippen molar-refractivity contribution in [3.63, 3.8) is 0 Å². The van der Waals surface area contributed by atoms with Gasteiger partial charge in [-0.25, -0.2) is 4.79 Å². The van der Waals surface area contributed by atoms with Crippen LogP contribution in [-0.4, -0.2) is 51.1 Å². The third-order valence-electron chi connectivity index (χ3n) is 4.91. The fourth-order valence-electron chi connectivity index (χ4n) is 3.44. The number of halogens is 3. The molecule has 0 fully saturated rings. The Morgan fingerprint density at radius 2 is 2.07 bits per heavy atom. The number of aliphatic hydroxyl groups excluding tert-OH is 1. The van der Waals surface area contributed by atoms with Gasteiger partial charge in [0.05, 0.1) is 13.7 Å². The summed E-state index contributed by atoms with van der Waals surface area (Å²) in [5.74, 6) is 0.459. The molecule has 2 aromatic rings. The number of carbonyl (C=O) groups excluding carboxylic acids is 1. The molecular formula is C20H23F3N4O3. The minimum absolute atomic E-state index is 0.00756. The summed E-state index contributed by atoms with van der Waals surface area (Å²) in [4.78, 5) is 23.5. The van der Waals surface area contributed by atoms with Crippen LogP contribution in [0.5, 0.6) is 5.75 Å². The van der Waals surface area contributed by atoms with Gasteiger partial charge >= 0.3 is 12.2 Å². The summed E-state index contributed by atoms with van der Waals surface area (Å²) < 4.78 is 44.0. The van der Waals surface area contributed by atoms with Gasteiger partial charge < -0.3 is 19.6 Å². The molecule has 0 aromatic carbocycles. The smallest absolute Gasteiger partial charge is 0.433 e. The van der Waals surface area contributed by atoms with E-state index in [1.165, 1.54) is 35.5 Å². The molecule has 1 unspecified atom stereocenters. The molecule has 1 atom stereocenters. The number of fused-ring (bicyclic) bond motifs is 1. The van der Waals surface area contributed by atoms with Gasteiger partial charge in [0.1, 0.15) is 17.5 Å². The molecule has 1 aliphatic heterocycles. The van der Waals surface area contributed by atoms with Gasteiger partial charge in [-0.05, 0) is 29.7 Å². The van der Waals surface area contributed by atoms with Gasteiger partial charge in [-0.15, -0.1) is 0 Å². The standard InChI is InChI=1S/C20H23F3N4O3/c1-3-6-26(12-16(28)15-9-24-5-4-17(15)30-2)19(29)27-10-13-7-18(20(21,22)23)25-8-14(13)11-27/h4-5,7-9,16,28H,3,6,10-12H2,1-2H3. The lowest BCUT2D eigenvalue weighted by atomic mass is 10.1. The van der Waals surface area contributed by atoms with E-state index in [-0.39, 0.29) is 25.7 Å². The van der Waals surface area contributed by atoms with Crippen LogP contribution in [-0.2, 0) is 19.3 Å². The molecule has 0 radical (unpaired) electrons. The van der Waals surface area contributed by atoms with Gasteiger partial charge in [-0.3, -0.25) is 9.97 Å². The van der Waals surface area contributed by atoms with E-state index >= 15 is 0 Å². The number of pyridine rings is 2. The average molecular weight is 424 g/mol. The first-order valence-corrected chi connectivity index (χ1v) is 9.49. The van der Waals surface area contributed by atoms with Gasteiger partial charge in [0.25, 0.3) is 0 Å². The Hall–Kier alpha value is -2.88. The summed E-state index contributed by atoms with van der Waals surface area (Å²) in [6.07, 6.45) is -0.711. The molecule has 0 spiro atoms. The highest BCUT2D eigenvalue weighted by Crippen LogP contribution is 2.32. The quantitative estimate of drug-likeness (QED) is 0.769. The van der Waals surface area contributed by atoms with Gasteiger partial charge in [0.2, 0.25) is 0 Å². The lowest BCUT2D eigenvalue weighted by Gasteiger charge is -2.29. The highest BCUT2D eigenvalue weighted by atomic mass is 19.4. The van der Waals surface area contributed by atoms with E-state index < -0.39 is 18.0 Å². The summed E-state index contributed by atoms with van der Waals surface area (Å²) in [6, 6.07) is 2.25. The van der Waals surface area contributed by atoms with Crippen LogP contribution in [0.3, 0.4) is 0 Å². The highest BCUT2D eigenvalue weighted by molar-refractivity contribution is 5.75. The molecule has 2 aromatic heterocycles. The number of methoxy groups -OCH3 is 1. The van der Waals surface area contributed by atoms with Crippen molar-refractivity contribution in [3.8, 4) is 5.75 Å². The molecule has 0 aliphatic carbocycles. The molecule has 3 rings (SSSR count). The van der Waals surface area contributed by atoms with Gasteiger partial charge in [-0.1, -0.05) is 6.92 Å². The lowest BCUT2D eigenvalue weighted by molar-refractivity contribution is -0.141. The van der Waals surface area contributed by atoms with Crippen molar-refractivity contribution >= 4 is 6.03 Å². The number of hydrogen-bond donors (Lipinski definition) is 1. The predicted molar refractivity (Wildman–Crippen MR) is 101 cm³/mol. The van der Waals surface area contributed by atoms with E-state index in [1.807, 2.05) is 6.92 Å². The first-order chi connectivity index (χ1) is 14.2. The van der Waals surface area contributed by atoms with E-state index in [9.17, 15) is 23.1 Å². The fraction of sp³-hybridized carbons (Fsp3) is 0.450. The number of carbonyl (C=O) groups is 1. The van der Waals surface area contributed by atoms with Crippen LogP contribution in [0.2, 0.25) is 0 Å². The summed E-state index contributed by atoms with van der Waals surface area (Å²) in [6.45, 7) is 2.53. The first kappa shape index (κ1) is 21.8. The SMILES string of the molecule is CCCN(CC(O)c1cnccc1OC)C(=O)N1Cc2cnc(C(F)(F)F)cc2C1. The summed E-state index contributed by atoms with van der Waals surface area (Å²) in [5, 5.41) is 10.7. The number of ether oxygens (including phenoxy) is 1. The number of alkyl halides is 3. The third kappa shape index (κ3) is 4.64. The Kier molecular flexibility index (Phi) is 6.45. The number of nitrogens with zero attached hydrogens (tertiary/aromatic N) is 4. The number of amides is 2. The Labute approximate surface area is 172 Å². The maximum absolute atomic E-state index is 13.1. The molecule has 162 valence electrons. The lowest BCUT2D eigenvalue weighted by Crippen LogP contribution is -2.43. The van der Waals surface area contributed by atoms with Crippen LogP contribution in [0, 0.1) is 0 Å². The molecule has 0 saturated heterocycles. The van der Waals surface area contributed by atoms with E-state index in [1.54, 1.807) is 6.07 Å². The average Bonchev–Trinajstić information content (AvgIpc) is 3.15. The van der Waals surface area contributed by atoms with Crippen LogP contribution in [0.25, 0.3) is 0 Å². The van der Waals surface area contributed by atoms with Crippen LogP contribution in [0.1, 0.15) is 41.8 Å². The summed E-state index contributed by atoms with van der Waals surface area (Å²) in [7, 11) is 1.48. The minimum atomic E-state index is -4.53. The van der Waals surface area contributed by atoms with E-state index in [4.69, 9.17) is 4.74 Å². The molecule has 1 N–H and O–H groups in total. The molecule has 0 saturated carbocycles. The monoisotopic (exact) mass is 424 g/mol. The van der Waals surface area contributed by atoms with Crippen molar-refractivity contribution in [1.82, 2.24) is 19.8 Å². The Morgan fingerprint density at radius 1 is 1.33 bits per heavy atom. The second-order valence-corrected chi connectivity index (χ2v) is 7.05. The molecule has 2 amide bonds. The Balaban J connectivity index is 1.74. The van der Waals surface area contributed by atoms with Gasteiger partial charge in [0.15, 0.2) is 0 Å². The number of urea groups is 1. The highest BCUT2D eigenvalue weighted by Gasteiger charge is 2.35. The molecule has 30 heavy (non-hydrogen) atoms. The van der Waals surface area contributed by atoms with Crippen molar-refractivity contribution in [2.24, 2.45) is 0 Å². The molecule has 1 aliphatic rings. The zero-order valence-electron chi connectivity index (χ0n) is 16.7. The normalized spacial score (nSPS) is 14.4. The molecule has 0 bridgehead atoms. The second kappa shape index (κ2) is 8.86. The molecule has 3 heterocycles. The topological polar surface area (TPSA) is 78.8 Å². The second-order valence-electron chi connectivity index (χ2n) is 7.05. The Morgan fingerprint density at radius 3 is 2.73 bits per heavy atom. The van der Waals surface area contributed by atoms with Gasteiger partial charge in [0, 0.05) is 43.8 Å². The first-order valence-electron chi connectivity index (χ1n) is 9.49. The molecule has 7 nitrogen and oxygen atoms in total. The zero-order chi connectivity index (χ0) is 21.9. The zero-order valence-corrected chi connectivity index (χ0v) is 16.7. The maximum atomic E-state index is 13.1. The maximum Gasteiger partial charge on any atom is 0.433 e. The fourth-order valence-corrected chi connectivity index (χ4v) is 3.44. The van der Waals surface area contributed by atoms with Crippen molar-refractivity contribution in [2.45, 2.75) is 38.7 Å². The van der Waals surface area contributed by atoms with Crippen LogP contribution in [0.4, 0.5) is 18.0 Å². The third-order valence-corrected chi connectivity index (χ3v) is 4.91. The van der Waals surface area contributed by atoms with Crippen LogP contribution < -0.4 is 4.74 Å². The van der Waals surface area contributed by atoms with Crippen LogP contribution >= 0.6 is 0 Å². The van der Waals surface area contributed by atoms with Crippen molar-refractivity contribution in [3.05, 3.63) is 53.1 Å². The van der Waals surface area contributed by atoms with Crippen molar-refractivity contribution in [2.75, 3.05) is 20.2 Å². The molecular weight excluding hydrogens is 401 g/mol. The summed E-state index contributed by atoms with van der Waals surface area (Å²) >= 11 is 0. The summed E-state index contributed by atoms with van der Waals surface area (Å²) in [5.41, 5.74) is 0.497. The number of aromatic nitrogens is 2. The van der Waals surface area contributed by atoms with Crippen LogP contribution in [0.15, 0.2) is 30.7 Å². The number of hydrogen-bond acceptors (Lipinski definition) is 5. The minimum Gasteiger partial charge on any atom is -0.496 e. The molecule has 10 heteroatoms.